The minimum atomic E-state index is 0.797. The van der Waals surface area contributed by atoms with E-state index in [1.807, 2.05) is 13.0 Å². The average molecular weight is 330 g/mol. The van der Waals surface area contributed by atoms with E-state index in [0.29, 0.717) is 0 Å². The van der Waals surface area contributed by atoms with Crippen LogP contribution in [-0.4, -0.2) is 23.1 Å². The van der Waals surface area contributed by atoms with Gasteiger partial charge in [0.2, 0.25) is 0 Å². The molecule has 1 aliphatic heterocycles. The van der Waals surface area contributed by atoms with Gasteiger partial charge in [-0.3, -0.25) is 0 Å². The van der Waals surface area contributed by atoms with Crippen molar-refractivity contribution in [1.29, 1.82) is 0 Å². The molecule has 0 atom stereocenters. The number of hydrogen-bond donors (Lipinski definition) is 0. The molecule has 0 fully saturated rings. The van der Waals surface area contributed by atoms with E-state index in [0.717, 1.165) is 42.7 Å². The Morgan fingerprint density at radius 2 is 1.76 bits per heavy atom. The Bertz CT molecular complexity index is 856. The molecule has 0 saturated carbocycles. The van der Waals surface area contributed by atoms with Crippen molar-refractivity contribution in [2.45, 2.75) is 20.3 Å². The summed E-state index contributed by atoms with van der Waals surface area (Å²) in [4.78, 5) is 13.9. The summed E-state index contributed by atoms with van der Waals surface area (Å²) in [6.07, 6.45) is 1.06. The Kier molecular flexibility index (Phi) is 4.10. The highest BCUT2D eigenvalue weighted by Crippen LogP contribution is 2.35. The van der Waals surface area contributed by atoms with Crippen molar-refractivity contribution < 1.29 is 0 Å². The van der Waals surface area contributed by atoms with Gasteiger partial charge in [-0.05, 0) is 44.0 Å². The van der Waals surface area contributed by atoms with Crippen molar-refractivity contribution in [3.63, 3.8) is 0 Å². The molecule has 2 aromatic carbocycles. The summed E-state index contributed by atoms with van der Waals surface area (Å²) in [6.45, 7) is 5.94. The predicted octanol–water partition coefficient (Wildman–Crippen LogP) is 4.64. The van der Waals surface area contributed by atoms with E-state index >= 15 is 0 Å². The van der Waals surface area contributed by atoms with Crippen LogP contribution < -0.4 is 9.80 Å². The van der Waals surface area contributed by atoms with Gasteiger partial charge in [-0.1, -0.05) is 36.4 Å². The second-order valence-corrected chi connectivity index (χ2v) is 6.24. The molecule has 1 aliphatic rings. The molecule has 1 aromatic heterocycles. The molecule has 0 radical (unpaired) electrons. The van der Waals surface area contributed by atoms with Crippen LogP contribution in [0.1, 0.15) is 18.3 Å². The molecule has 25 heavy (non-hydrogen) atoms. The predicted molar refractivity (Wildman–Crippen MR) is 103 cm³/mol. The first-order valence-electron chi connectivity index (χ1n) is 8.80. The van der Waals surface area contributed by atoms with E-state index in [1.165, 1.54) is 11.3 Å². The SMILES string of the molecule is CCN(c1ccccc1)c1cc(N2CCc3ccccc32)nc(C)n1. The summed E-state index contributed by atoms with van der Waals surface area (Å²) < 4.78 is 0. The number of nitrogens with zero attached hydrogens (tertiary/aromatic N) is 4. The van der Waals surface area contributed by atoms with Crippen molar-refractivity contribution in [3.05, 3.63) is 72.1 Å². The first kappa shape index (κ1) is 15.6. The van der Waals surface area contributed by atoms with Crippen LogP contribution in [0.2, 0.25) is 0 Å². The maximum Gasteiger partial charge on any atom is 0.138 e. The van der Waals surface area contributed by atoms with Gasteiger partial charge >= 0.3 is 0 Å². The third-order valence-corrected chi connectivity index (χ3v) is 4.64. The monoisotopic (exact) mass is 330 g/mol. The molecule has 0 unspecified atom stereocenters. The highest BCUT2D eigenvalue weighted by atomic mass is 15.2. The zero-order chi connectivity index (χ0) is 17.2. The number of hydrogen-bond acceptors (Lipinski definition) is 4. The van der Waals surface area contributed by atoms with Gasteiger partial charge in [0.1, 0.15) is 17.5 Å². The molecule has 0 bridgehead atoms. The number of fused-ring (bicyclic) bond motifs is 1. The zero-order valence-corrected chi connectivity index (χ0v) is 14.7. The Labute approximate surface area is 148 Å². The Morgan fingerprint density at radius 3 is 2.56 bits per heavy atom. The first-order chi connectivity index (χ1) is 12.3. The molecule has 0 N–H and O–H groups in total. The van der Waals surface area contributed by atoms with Gasteiger partial charge in [0.25, 0.3) is 0 Å². The van der Waals surface area contributed by atoms with Crippen molar-refractivity contribution in [2.24, 2.45) is 0 Å². The molecule has 0 aliphatic carbocycles. The lowest BCUT2D eigenvalue weighted by atomic mass is 10.2. The Morgan fingerprint density at radius 1 is 1.00 bits per heavy atom. The average Bonchev–Trinajstić information content (AvgIpc) is 3.07. The Balaban J connectivity index is 1.75. The summed E-state index contributed by atoms with van der Waals surface area (Å²) in [6, 6.07) is 21.1. The number of anilines is 4. The van der Waals surface area contributed by atoms with E-state index in [2.05, 4.69) is 71.3 Å². The lowest BCUT2D eigenvalue weighted by Crippen LogP contribution is -2.20. The van der Waals surface area contributed by atoms with Crippen molar-refractivity contribution >= 4 is 23.0 Å². The number of benzene rings is 2. The quantitative estimate of drug-likeness (QED) is 0.698. The summed E-state index contributed by atoms with van der Waals surface area (Å²) >= 11 is 0. The van der Waals surface area contributed by atoms with Gasteiger partial charge in [0.05, 0.1) is 0 Å². The van der Waals surface area contributed by atoms with Crippen molar-refractivity contribution in [1.82, 2.24) is 9.97 Å². The molecule has 0 spiro atoms. The summed E-state index contributed by atoms with van der Waals surface area (Å²) in [5.41, 5.74) is 3.79. The number of para-hydroxylation sites is 2. The van der Waals surface area contributed by atoms with Gasteiger partial charge in [-0.2, -0.15) is 0 Å². The van der Waals surface area contributed by atoms with Crippen LogP contribution in [0.3, 0.4) is 0 Å². The van der Waals surface area contributed by atoms with Crippen molar-refractivity contribution in [2.75, 3.05) is 22.9 Å². The normalized spacial score (nSPS) is 13.0. The maximum absolute atomic E-state index is 4.71. The van der Waals surface area contributed by atoms with Gasteiger partial charge in [-0.15, -0.1) is 0 Å². The topological polar surface area (TPSA) is 32.3 Å². The van der Waals surface area contributed by atoms with Gasteiger partial charge in [-0.25, -0.2) is 9.97 Å². The number of rotatable bonds is 4. The summed E-state index contributed by atoms with van der Waals surface area (Å²) in [5.74, 6) is 2.72. The minimum Gasteiger partial charge on any atom is -0.326 e. The molecular formula is C21H22N4. The van der Waals surface area contributed by atoms with Crippen LogP contribution in [0.25, 0.3) is 0 Å². The van der Waals surface area contributed by atoms with Gasteiger partial charge < -0.3 is 9.80 Å². The standard InChI is InChI=1S/C21H22N4/c1-3-24(18-10-5-4-6-11-18)20-15-21(23-16(2)22-20)25-14-13-17-9-7-8-12-19(17)25/h4-12,15H,3,13-14H2,1-2H3. The molecule has 4 heteroatoms. The fourth-order valence-corrected chi connectivity index (χ4v) is 3.47. The summed E-state index contributed by atoms with van der Waals surface area (Å²) in [5, 5.41) is 0. The molecule has 2 heterocycles. The molecule has 0 amide bonds. The lowest BCUT2D eigenvalue weighted by molar-refractivity contribution is 0.918. The van der Waals surface area contributed by atoms with Crippen LogP contribution in [0.4, 0.5) is 23.0 Å². The van der Waals surface area contributed by atoms with Crippen LogP contribution in [0, 0.1) is 6.92 Å². The maximum atomic E-state index is 4.71. The van der Waals surface area contributed by atoms with E-state index in [-0.39, 0.29) is 0 Å². The highest BCUT2D eigenvalue weighted by molar-refractivity contribution is 5.70. The minimum absolute atomic E-state index is 0.797. The fourth-order valence-electron chi connectivity index (χ4n) is 3.47. The van der Waals surface area contributed by atoms with Crippen molar-refractivity contribution in [3.8, 4) is 0 Å². The zero-order valence-electron chi connectivity index (χ0n) is 14.7. The smallest absolute Gasteiger partial charge is 0.138 e. The fraction of sp³-hybridized carbons (Fsp3) is 0.238. The third-order valence-electron chi connectivity index (χ3n) is 4.64. The second-order valence-electron chi connectivity index (χ2n) is 6.24. The highest BCUT2D eigenvalue weighted by Gasteiger charge is 2.22. The first-order valence-corrected chi connectivity index (χ1v) is 8.80. The number of aromatic nitrogens is 2. The lowest BCUT2D eigenvalue weighted by Gasteiger charge is -2.25. The molecule has 4 rings (SSSR count). The van der Waals surface area contributed by atoms with Crippen LogP contribution in [0.5, 0.6) is 0 Å². The Hall–Kier alpha value is -2.88. The van der Waals surface area contributed by atoms with Crippen LogP contribution in [0.15, 0.2) is 60.7 Å². The second kappa shape index (κ2) is 6.55. The summed E-state index contributed by atoms with van der Waals surface area (Å²) in [7, 11) is 0. The number of aryl methyl sites for hydroxylation is 1. The molecule has 3 aromatic rings. The van der Waals surface area contributed by atoms with Crippen LogP contribution >= 0.6 is 0 Å². The van der Waals surface area contributed by atoms with Gasteiger partial charge in [0, 0.05) is 30.5 Å². The third kappa shape index (κ3) is 2.95. The molecule has 126 valence electrons. The molecule has 0 saturated heterocycles. The van der Waals surface area contributed by atoms with E-state index < -0.39 is 0 Å². The molecule has 4 nitrogen and oxygen atoms in total. The van der Waals surface area contributed by atoms with E-state index in [9.17, 15) is 0 Å². The van der Waals surface area contributed by atoms with E-state index in [4.69, 9.17) is 9.97 Å². The van der Waals surface area contributed by atoms with Gasteiger partial charge in [0.15, 0.2) is 0 Å². The largest absolute Gasteiger partial charge is 0.326 e. The van der Waals surface area contributed by atoms with E-state index in [1.54, 1.807) is 0 Å². The molecular weight excluding hydrogens is 308 g/mol. The van der Waals surface area contributed by atoms with Crippen LogP contribution in [-0.2, 0) is 6.42 Å².